The zero-order valence-corrected chi connectivity index (χ0v) is 15.9. The Labute approximate surface area is 160 Å². The molecule has 0 aliphatic heterocycles. The average molecular weight is 402 g/mol. The van der Waals surface area contributed by atoms with Gasteiger partial charge < -0.3 is 0 Å². The lowest BCUT2D eigenvalue weighted by Crippen LogP contribution is -2.20. The van der Waals surface area contributed by atoms with Gasteiger partial charge in [-0.3, -0.25) is 4.79 Å². The van der Waals surface area contributed by atoms with Gasteiger partial charge in [-0.05, 0) is 35.6 Å². The summed E-state index contributed by atoms with van der Waals surface area (Å²) >= 11 is 19.7. The standard InChI is InChI=1S/C17H15Cl3N2OS/c1-2-24-15-7-6-13(18)8-12(15)9-16(23)22-21-10-11-4-3-5-14(19)17(11)20/h3-8,10H,2,9H2,1H3,(H,22,23)/b21-10-. The molecule has 2 aromatic rings. The van der Waals surface area contributed by atoms with Crippen molar-refractivity contribution in [3.05, 3.63) is 62.6 Å². The molecule has 0 saturated carbocycles. The quantitative estimate of drug-likeness (QED) is 0.397. The number of rotatable bonds is 6. The van der Waals surface area contributed by atoms with Crippen molar-refractivity contribution in [1.82, 2.24) is 5.43 Å². The number of halogens is 3. The van der Waals surface area contributed by atoms with Crippen LogP contribution in [0.25, 0.3) is 0 Å². The Morgan fingerprint density at radius 1 is 1.25 bits per heavy atom. The summed E-state index contributed by atoms with van der Waals surface area (Å²) < 4.78 is 0. The molecule has 126 valence electrons. The van der Waals surface area contributed by atoms with Crippen molar-refractivity contribution in [1.29, 1.82) is 0 Å². The van der Waals surface area contributed by atoms with E-state index in [0.29, 0.717) is 20.6 Å². The van der Waals surface area contributed by atoms with Gasteiger partial charge in [0, 0.05) is 15.5 Å². The lowest BCUT2D eigenvalue weighted by atomic mass is 10.1. The molecule has 0 bridgehead atoms. The number of carbonyl (C=O) groups excluding carboxylic acids is 1. The molecule has 0 spiro atoms. The highest BCUT2D eigenvalue weighted by Crippen LogP contribution is 2.26. The molecule has 0 radical (unpaired) electrons. The van der Waals surface area contributed by atoms with Gasteiger partial charge >= 0.3 is 0 Å². The topological polar surface area (TPSA) is 41.5 Å². The van der Waals surface area contributed by atoms with E-state index in [2.05, 4.69) is 17.5 Å². The molecule has 0 heterocycles. The first-order valence-corrected chi connectivity index (χ1v) is 9.30. The van der Waals surface area contributed by atoms with Crippen LogP contribution in [0.3, 0.4) is 0 Å². The van der Waals surface area contributed by atoms with E-state index < -0.39 is 0 Å². The van der Waals surface area contributed by atoms with E-state index in [4.69, 9.17) is 34.8 Å². The molecule has 7 heteroatoms. The van der Waals surface area contributed by atoms with E-state index in [9.17, 15) is 4.79 Å². The summed E-state index contributed by atoms with van der Waals surface area (Å²) in [6.45, 7) is 2.06. The Bertz CT molecular complexity index is 765. The summed E-state index contributed by atoms with van der Waals surface area (Å²) in [6, 6.07) is 10.8. The number of nitrogens with zero attached hydrogens (tertiary/aromatic N) is 1. The molecule has 3 nitrogen and oxygen atoms in total. The lowest BCUT2D eigenvalue weighted by Gasteiger charge is -2.08. The maximum absolute atomic E-state index is 12.1. The van der Waals surface area contributed by atoms with E-state index in [1.54, 1.807) is 36.0 Å². The van der Waals surface area contributed by atoms with Gasteiger partial charge in [-0.1, -0.05) is 53.9 Å². The Morgan fingerprint density at radius 3 is 2.79 bits per heavy atom. The number of hydrogen-bond acceptors (Lipinski definition) is 3. The zero-order valence-electron chi connectivity index (χ0n) is 12.9. The van der Waals surface area contributed by atoms with Gasteiger partial charge in [-0.25, -0.2) is 5.43 Å². The van der Waals surface area contributed by atoms with E-state index >= 15 is 0 Å². The highest BCUT2D eigenvalue weighted by molar-refractivity contribution is 7.99. The summed E-state index contributed by atoms with van der Waals surface area (Å²) in [7, 11) is 0. The van der Waals surface area contributed by atoms with Crippen LogP contribution in [0.2, 0.25) is 15.1 Å². The molecule has 2 rings (SSSR count). The molecule has 0 aromatic heterocycles. The molecule has 0 aliphatic carbocycles. The maximum Gasteiger partial charge on any atom is 0.244 e. The summed E-state index contributed by atoms with van der Waals surface area (Å²) in [5.41, 5.74) is 4.00. The van der Waals surface area contributed by atoms with Crippen LogP contribution < -0.4 is 5.43 Å². The molecule has 0 atom stereocenters. The first kappa shape index (κ1) is 19.1. The smallest absolute Gasteiger partial charge is 0.244 e. The fourth-order valence-electron chi connectivity index (χ4n) is 1.99. The third kappa shape index (κ3) is 5.42. The second kappa shape index (κ2) is 9.33. The summed E-state index contributed by atoms with van der Waals surface area (Å²) in [4.78, 5) is 13.1. The van der Waals surface area contributed by atoms with Crippen LogP contribution in [0.4, 0.5) is 0 Å². The van der Waals surface area contributed by atoms with Crippen molar-refractivity contribution in [3.8, 4) is 0 Å². The monoisotopic (exact) mass is 400 g/mol. The van der Waals surface area contributed by atoms with Crippen molar-refractivity contribution in [2.75, 3.05) is 5.75 Å². The van der Waals surface area contributed by atoms with Crippen LogP contribution in [0.1, 0.15) is 18.1 Å². The van der Waals surface area contributed by atoms with Crippen molar-refractivity contribution < 1.29 is 4.79 Å². The van der Waals surface area contributed by atoms with Gasteiger partial charge in [0.05, 0.1) is 22.7 Å². The first-order valence-electron chi connectivity index (χ1n) is 7.18. The van der Waals surface area contributed by atoms with Crippen LogP contribution in [0, 0.1) is 0 Å². The molecule has 0 aliphatic rings. The van der Waals surface area contributed by atoms with Crippen molar-refractivity contribution in [2.24, 2.45) is 5.10 Å². The second-order valence-electron chi connectivity index (χ2n) is 4.80. The SMILES string of the molecule is CCSc1ccc(Cl)cc1CC(=O)N/N=C\c1cccc(Cl)c1Cl. The van der Waals surface area contributed by atoms with Crippen LogP contribution in [0.5, 0.6) is 0 Å². The Morgan fingerprint density at radius 2 is 2.04 bits per heavy atom. The number of nitrogens with one attached hydrogen (secondary N) is 1. The maximum atomic E-state index is 12.1. The minimum Gasteiger partial charge on any atom is -0.273 e. The number of amides is 1. The van der Waals surface area contributed by atoms with E-state index in [-0.39, 0.29) is 12.3 Å². The molecular weight excluding hydrogens is 387 g/mol. The largest absolute Gasteiger partial charge is 0.273 e. The van der Waals surface area contributed by atoms with Gasteiger partial charge in [0.1, 0.15) is 0 Å². The molecule has 0 fully saturated rings. The summed E-state index contributed by atoms with van der Waals surface area (Å²) in [5, 5.41) is 5.37. The van der Waals surface area contributed by atoms with Gasteiger partial charge in [-0.2, -0.15) is 5.10 Å². The van der Waals surface area contributed by atoms with E-state index in [1.807, 2.05) is 12.1 Å². The van der Waals surface area contributed by atoms with Crippen molar-refractivity contribution in [2.45, 2.75) is 18.2 Å². The van der Waals surface area contributed by atoms with Gasteiger partial charge in [0.25, 0.3) is 0 Å². The van der Waals surface area contributed by atoms with Gasteiger partial charge in [0.2, 0.25) is 5.91 Å². The molecule has 1 amide bonds. The minimum absolute atomic E-state index is 0.198. The Hall–Kier alpha value is -1.20. The third-order valence-electron chi connectivity index (χ3n) is 3.05. The summed E-state index contributed by atoms with van der Waals surface area (Å²) in [5.74, 6) is 0.686. The zero-order chi connectivity index (χ0) is 17.5. The Balaban J connectivity index is 2.02. The molecule has 0 saturated heterocycles. The lowest BCUT2D eigenvalue weighted by molar-refractivity contribution is -0.120. The first-order chi connectivity index (χ1) is 11.5. The average Bonchev–Trinajstić information content (AvgIpc) is 2.54. The van der Waals surface area contributed by atoms with Crippen LogP contribution >= 0.6 is 46.6 Å². The van der Waals surface area contributed by atoms with Crippen LogP contribution in [0.15, 0.2) is 46.4 Å². The highest BCUT2D eigenvalue weighted by atomic mass is 35.5. The van der Waals surface area contributed by atoms with Crippen LogP contribution in [-0.4, -0.2) is 17.9 Å². The molecule has 24 heavy (non-hydrogen) atoms. The van der Waals surface area contributed by atoms with Crippen molar-refractivity contribution >= 4 is 58.7 Å². The predicted octanol–water partition coefficient (Wildman–Crippen LogP) is 5.45. The fraction of sp³-hybridized carbons (Fsp3) is 0.176. The molecule has 2 aromatic carbocycles. The number of thioether (sulfide) groups is 1. The summed E-state index contributed by atoms with van der Waals surface area (Å²) in [6.07, 6.45) is 1.66. The highest BCUT2D eigenvalue weighted by Gasteiger charge is 2.09. The van der Waals surface area contributed by atoms with Crippen LogP contribution in [-0.2, 0) is 11.2 Å². The van der Waals surface area contributed by atoms with E-state index in [0.717, 1.165) is 16.2 Å². The minimum atomic E-state index is -0.232. The van der Waals surface area contributed by atoms with Crippen molar-refractivity contribution in [3.63, 3.8) is 0 Å². The number of benzene rings is 2. The number of carbonyl (C=O) groups is 1. The molecular formula is C17H15Cl3N2OS. The molecule has 0 unspecified atom stereocenters. The normalized spacial score (nSPS) is 11.0. The van der Waals surface area contributed by atoms with Gasteiger partial charge in [0.15, 0.2) is 0 Å². The number of hydrazone groups is 1. The molecule has 1 N–H and O–H groups in total. The van der Waals surface area contributed by atoms with E-state index in [1.165, 1.54) is 6.21 Å². The fourth-order valence-corrected chi connectivity index (χ4v) is 3.33. The van der Waals surface area contributed by atoms with Gasteiger partial charge in [-0.15, -0.1) is 11.8 Å². The Kier molecular flexibility index (Phi) is 7.43. The third-order valence-corrected chi connectivity index (χ3v) is 5.11. The predicted molar refractivity (Wildman–Crippen MR) is 104 cm³/mol. The second-order valence-corrected chi connectivity index (χ2v) is 7.33. The number of hydrogen-bond donors (Lipinski definition) is 1.